The number of esters is 1. The van der Waals surface area contributed by atoms with Gasteiger partial charge in [0.2, 0.25) is 0 Å². The lowest BCUT2D eigenvalue weighted by atomic mass is 10.1. The van der Waals surface area contributed by atoms with E-state index in [2.05, 4.69) is 28.6 Å². The van der Waals surface area contributed by atoms with Crippen molar-refractivity contribution in [1.29, 1.82) is 5.26 Å². The maximum Gasteiger partial charge on any atom is 0.349 e. The molecule has 1 aromatic heterocycles. The number of nitrogens with one attached hydrogen (secondary N) is 1. The second kappa shape index (κ2) is 12.2. The lowest BCUT2D eigenvalue weighted by molar-refractivity contribution is -0.142. The second-order valence-electron chi connectivity index (χ2n) is 9.10. The summed E-state index contributed by atoms with van der Waals surface area (Å²) in [6, 6.07) is 11.3. The molecule has 8 heteroatoms. The molecule has 0 atom stereocenters. The Kier molecular flexibility index (Phi) is 9.10. The monoisotopic (exact) mass is 478 g/mol. The lowest BCUT2D eigenvalue weighted by Gasteiger charge is -2.28. The maximum atomic E-state index is 12.5. The number of anilines is 2. The quantitative estimate of drug-likeness (QED) is 0.331. The molecule has 0 bridgehead atoms. The topological polar surface area (TPSA) is 96.6 Å². The summed E-state index contributed by atoms with van der Waals surface area (Å²) in [4.78, 5) is 27.0. The van der Waals surface area contributed by atoms with Gasteiger partial charge in [0.15, 0.2) is 6.61 Å². The van der Waals surface area contributed by atoms with Gasteiger partial charge in [-0.2, -0.15) is 5.26 Å². The molecule has 0 aliphatic carbocycles. The van der Waals surface area contributed by atoms with Crippen LogP contribution < -0.4 is 10.2 Å². The molecule has 1 fully saturated rings. The molecule has 2 heterocycles. The zero-order chi connectivity index (χ0) is 25.4. The molecule has 2 aromatic rings. The fraction of sp³-hybridized carbons (Fsp3) is 0.444. The van der Waals surface area contributed by atoms with Gasteiger partial charge in [0.1, 0.15) is 11.6 Å². The molecule has 1 aliphatic heterocycles. The van der Waals surface area contributed by atoms with E-state index in [1.807, 2.05) is 38.1 Å². The Balaban J connectivity index is 1.56. The van der Waals surface area contributed by atoms with Gasteiger partial charge in [-0.25, -0.2) is 4.79 Å². The molecular formula is C27H34N4O4. The molecule has 0 saturated carbocycles. The summed E-state index contributed by atoms with van der Waals surface area (Å²) >= 11 is 0. The molecule has 1 amide bonds. The predicted molar refractivity (Wildman–Crippen MR) is 136 cm³/mol. The lowest BCUT2D eigenvalue weighted by Crippen LogP contribution is -2.36. The van der Waals surface area contributed by atoms with E-state index in [1.54, 1.807) is 12.1 Å². The van der Waals surface area contributed by atoms with E-state index in [-0.39, 0.29) is 5.57 Å². The molecule has 1 aliphatic rings. The van der Waals surface area contributed by atoms with Crippen LogP contribution in [0, 0.1) is 31.1 Å². The zero-order valence-corrected chi connectivity index (χ0v) is 21.0. The average Bonchev–Trinajstić information content (AvgIpc) is 3.12. The van der Waals surface area contributed by atoms with Gasteiger partial charge in [-0.15, -0.1) is 0 Å². The molecule has 186 valence electrons. The minimum Gasteiger partial charge on any atom is -0.451 e. The smallest absolute Gasteiger partial charge is 0.349 e. The summed E-state index contributed by atoms with van der Waals surface area (Å²) in [7, 11) is 0. The molecule has 1 saturated heterocycles. The first kappa shape index (κ1) is 26.0. The van der Waals surface area contributed by atoms with Gasteiger partial charge in [-0.3, -0.25) is 4.79 Å². The van der Waals surface area contributed by atoms with Crippen molar-refractivity contribution in [2.75, 3.05) is 43.1 Å². The summed E-state index contributed by atoms with van der Waals surface area (Å²) in [5.41, 5.74) is 4.38. The van der Waals surface area contributed by atoms with Crippen molar-refractivity contribution in [1.82, 2.24) is 4.57 Å². The normalized spacial score (nSPS) is 14.1. The average molecular weight is 479 g/mol. The van der Waals surface area contributed by atoms with Gasteiger partial charge >= 0.3 is 5.97 Å². The van der Waals surface area contributed by atoms with Crippen LogP contribution in [0.4, 0.5) is 11.4 Å². The first-order valence-corrected chi connectivity index (χ1v) is 12.0. The number of hydrogen-bond acceptors (Lipinski definition) is 6. The fourth-order valence-corrected chi connectivity index (χ4v) is 3.98. The maximum absolute atomic E-state index is 12.5. The number of carbonyl (C=O) groups excluding carboxylic acids is 2. The van der Waals surface area contributed by atoms with Crippen LogP contribution in [0.3, 0.4) is 0 Å². The number of amides is 1. The molecule has 1 N–H and O–H groups in total. The third-order valence-electron chi connectivity index (χ3n) is 6.04. The Bertz CT molecular complexity index is 1100. The first-order valence-electron chi connectivity index (χ1n) is 12.0. The van der Waals surface area contributed by atoms with E-state index < -0.39 is 18.5 Å². The van der Waals surface area contributed by atoms with E-state index in [9.17, 15) is 14.9 Å². The van der Waals surface area contributed by atoms with Crippen molar-refractivity contribution in [3.05, 3.63) is 52.9 Å². The van der Waals surface area contributed by atoms with Crippen LogP contribution in [0.25, 0.3) is 6.08 Å². The highest BCUT2D eigenvalue weighted by Crippen LogP contribution is 2.21. The Labute approximate surface area is 207 Å². The number of nitriles is 1. The fourth-order valence-electron chi connectivity index (χ4n) is 3.98. The highest BCUT2D eigenvalue weighted by Gasteiger charge is 2.16. The largest absolute Gasteiger partial charge is 0.451 e. The molecular weight excluding hydrogens is 444 g/mol. The molecule has 0 unspecified atom stereocenters. The summed E-state index contributed by atoms with van der Waals surface area (Å²) in [5, 5.41) is 12.2. The van der Waals surface area contributed by atoms with Gasteiger partial charge in [-0.05, 0) is 68.2 Å². The third-order valence-corrected chi connectivity index (χ3v) is 6.04. The number of aromatic nitrogens is 1. The first-order chi connectivity index (χ1) is 16.8. The van der Waals surface area contributed by atoms with Crippen molar-refractivity contribution < 1.29 is 19.1 Å². The highest BCUT2D eigenvalue weighted by atomic mass is 16.5. The van der Waals surface area contributed by atoms with Crippen LogP contribution in [0.15, 0.2) is 35.9 Å². The molecule has 8 nitrogen and oxygen atoms in total. The zero-order valence-electron chi connectivity index (χ0n) is 21.0. The number of carbonyl (C=O) groups is 2. The predicted octanol–water partition coefficient (Wildman–Crippen LogP) is 4.08. The highest BCUT2D eigenvalue weighted by molar-refractivity contribution is 6.00. The minimum atomic E-state index is -0.822. The SMILES string of the molecule is Cc1cc(/C=C(\C#N)C(=O)OCC(=O)Nc2ccc(N3CCOCC3)cc2)c(C)n1CCC(C)C. The molecule has 3 rings (SSSR count). The van der Waals surface area contributed by atoms with Gasteiger partial charge in [0.05, 0.1) is 13.2 Å². The summed E-state index contributed by atoms with van der Waals surface area (Å²) < 4.78 is 12.7. The summed E-state index contributed by atoms with van der Waals surface area (Å²) in [5.74, 6) is -0.715. The van der Waals surface area contributed by atoms with E-state index in [4.69, 9.17) is 9.47 Å². The standard InChI is InChI=1S/C27H34N4O4/c1-19(2)9-10-31-20(3)15-22(21(31)4)16-23(17-28)27(33)35-18-26(32)29-24-5-7-25(8-6-24)30-11-13-34-14-12-30/h5-8,15-16,19H,9-14,18H2,1-4H3,(H,29,32)/b23-16+. The van der Waals surface area contributed by atoms with Gasteiger partial charge in [0.25, 0.3) is 5.91 Å². The molecule has 1 aromatic carbocycles. The van der Waals surface area contributed by atoms with E-state index in [0.717, 1.165) is 48.7 Å². The number of ether oxygens (including phenoxy) is 2. The number of aryl methyl sites for hydroxylation is 1. The van der Waals surface area contributed by atoms with Crippen molar-refractivity contribution in [2.24, 2.45) is 5.92 Å². The number of nitrogens with zero attached hydrogens (tertiary/aromatic N) is 3. The van der Waals surface area contributed by atoms with Crippen LogP contribution in [-0.4, -0.2) is 49.4 Å². The van der Waals surface area contributed by atoms with Crippen LogP contribution in [0.5, 0.6) is 0 Å². The summed E-state index contributed by atoms with van der Waals surface area (Å²) in [6.45, 7) is 11.8. The van der Waals surface area contributed by atoms with Crippen molar-refractivity contribution >= 4 is 29.3 Å². The van der Waals surface area contributed by atoms with E-state index in [1.165, 1.54) is 6.08 Å². The van der Waals surface area contributed by atoms with Crippen LogP contribution in [-0.2, 0) is 25.6 Å². The Morgan fingerprint density at radius 3 is 2.51 bits per heavy atom. The van der Waals surface area contributed by atoms with Crippen LogP contribution in [0.2, 0.25) is 0 Å². The van der Waals surface area contributed by atoms with E-state index >= 15 is 0 Å². The van der Waals surface area contributed by atoms with Gasteiger partial charge in [0, 0.05) is 42.4 Å². The molecule has 0 spiro atoms. The molecule has 0 radical (unpaired) electrons. The number of morpholine rings is 1. The van der Waals surface area contributed by atoms with Crippen LogP contribution in [0.1, 0.15) is 37.2 Å². The third kappa shape index (κ3) is 7.20. The van der Waals surface area contributed by atoms with Crippen molar-refractivity contribution in [3.63, 3.8) is 0 Å². The Morgan fingerprint density at radius 1 is 1.20 bits per heavy atom. The molecule has 35 heavy (non-hydrogen) atoms. The van der Waals surface area contributed by atoms with Crippen molar-refractivity contribution in [2.45, 2.75) is 40.7 Å². The van der Waals surface area contributed by atoms with Crippen LogP contribution >= 0.6 is 0 Å². The summed E-state index contributed by atoms with van der Waals surface area (Å²) in [6.07, 6.45) is 2.57. The minimum absolute atomic E-state index is 0.142. The number of hydrogen-bond donors (Lipinski definition) is 1. The number of benzene rings is 1. The van der Waals surface area contributed by atoms with E-state index in [0.29, 0.717) is 24.8 Å². The van der Waals surface area contributed by atoms with Gasteiger partial charge in [-0.1, -0.05) is 13.8 Å². The Hall–Kier alpha value is -3.57. The second-order valence-corrected chi connectivity index (χ2v) is 9.10. The number of rotatable bonds is 9. The van der Waals surface area contributed by atoms with Gasteiger partial charge < -0.3 is 24.3 Å². The van der Waals surface area contributed by atoms with Crippen molar-refractivity contribution in [3.8, 4) is 6.07 Å². The Morgan fingerprint density at radius 2 is 1.89 bits per heavy atom.